The van der Waals surface area contributed by atoms with E-state index < -0.39 is 0 Å². The standard InChI is InChI=1S/C13H14ClNO/c1-9-10(14)4-5-11(16-2)12(9)13(8-15)6-3-7-13/h4-5H,3,6-7H2,1-2H3. The van der Waals surface area contributed by atoms with Gasteiger partial charge in [-0.05, 0) is 43.9 Å². The molecule has 0 aromatic heterocycles. The maximum absolute atomic E-state index is 9.38. The lowest BCUT2D eigenvalue weighted by Gasteiger charge is -2.37. The Morgan fingerprint density at radius 2 is 2.12 bits per heavy atom. The smallest absolute Gasteiger partial charge is 0.124 e. The zero-order valence-electron chi connectivity index (χ0n) is 9.51. The zero-order valence-corrected chi connectivity index (χ0v) is 10.3. The number of hydrogen-bond acceptors (Lipinski definition) is 2. The molecule has 0 heterocycles. The fourth-order valence-corrected chi connectivity index (χ4v) is 2.53. The highest BCUT2D eigenvalue weighted by atomic mass is 35.5. The Hall–Kier alpha value is -1.20. The minimum absolute atomic E-state index is 0.375. The van der Waals surface area contributed by atoms with E-state index in [-0.39, 0.29) is 5.41 Å². The Kier molecular flexibility index (Phi) is 2.82. The van der Waals surface area contributed by atoms with Gasteiger partial charge in [0.25, 0.3) is 0 Å². The van der Waals surface area contributed by atoms with Crippen molar-refractivity contribution in [1.29, 1.82) is 5.26 Å². The summed E-state index contributed by atoms with van der Waals surface area (Å²) in [6, 6.07) is 6.11. The van der Waals surface area contributed by atoms with Crippen LogP contribution in [0.5, 0.6) is 5.75 Å². The van der Waals surface area contributed by atoms with E-state index in [1.807, 2.05) is 19.1 Å². The molecule has 0 bridgehead atoms. The predicted molar refractivity (Wildman–Crippen MR) is 63.9 cm³/mol. The largest absolute Gasteiger partial charge is 0.496 e. The summed E-state index contributed by atoms with van der Waals surface area (Å²) in [7, 11) is 1.63. The van der Waals surface area contributed by atoms with Gasteiger partial charge in [-0.25, -0.2) is 0 Å². The number of ether oxygens (including phenoxy) is 1. The van der Waals surface area contributed by atoms with Crippen LogP contribution in [-0.4, -0.2) is 7.11 Å². The van der Waals surface area contributed by atoms with Crippen LogP contribution in [0.1, 0.15) is 30.4 Å². The molecule has 0 spiro atoms. The molecular weight excluding hydrogens is 222 g/mol. The van der Waals surface area contributed by atoms with Crippen molar-refractivity contribution in [2.75, 3.05) is 7.11 Å². The first-order valence-electron chi connectivity index (χ1n) is 5.39. The van der Waals surface area contributed by atoms with Crippen LogP contribution in [0.15, 0.2) is 12.1 Å². The summed E-state index contributed by atoms with van der Waals surface area (Å²) in [5.74, 6) is 0.781. The summed E-state index contributed by atoms with van der Waals surface area (Å²) in [6.45, 7) is 1.96. The molecule has 0 aliphatic heterocycles. The molecule has 0 saturated heterocycles. The number of benzene rings is 1. The minimum Gasteiger partial charge on any atom is -0.496 e. The number of rotatable bonds is 2. The normalized spacial score (nSPS) is 17.4. The van der Waals surface area contributed by atoms with E-state index in [4.69, 9.17) is 16.3 Å². The SMILES string of the molecule is COc1ccc(Cl)c(C)c1C1(C#N)CCC1. The number of nitrogens with zero attached hydrogens (tertiary/aromatic N) is 1. The second kappa shape index (κ2) is 3.99. The Bertz CT molecular complexity index is 458. The minimum atomic E-state index is -0.375. The van der Waals surface area contributed by atoms with Gasteiger partial charge in [-0.15, -0.1) is 0 Å². The van der Waals surface area contributed by atoms with Crippen LogP contribution in [0, 0.1) is 18.3 Å². The molecule has 1 aromatic carbocycles. The van der Waals surface area contributed by atoms with Crippen LogP contribution in [-0.2, 0) is 5.41 Å². The molecule has 2 nitrogen and oxygen atoms in total. The average Bonchev–Trinajstić information content (AvgIpc) is 2.23. The van der Waals surface area contributed by atoms with E-state index in [2.05, 4.69) is 6.07 Å². The van der Waals surface area contributed by atoms with Crippen molar-refractivity contribution < 1.29 is 4.74 Å². The molecule has 0 radical (unpaired) electrons. The van der Waals surface area contributed by atoms with Crippen molar-refractivity contribution in [1.82, 2.24) is 0 Å². The first-order chi connectivity index (χ1) is 7.64. The zero-order chi connectivity index (χ0) is 11.8. The van der Waals surface area contributed by atoms with Crippen LogP contribution in [0.3, 0.4) is 0 Å². The van der Waals surface area contributed by atoms with Crippen LogP contribution in [0.2, 0.25) is 5.02 Å². The third kappa shape index (κ3) is 1.47. The lowest BCUT2D eigenvalue weighted by Crippen LogP contribution is -2.33. The third-order valence-corrected chi connectivity index (χ3v) is 3.89. The van der Waals surface area contributed by atoms with Gasteiger partial charge in [-0.3, -0.25) is 0 Å². The maximum Gasteiger partial charge on any atom is 0.124 e. The molecular formula is C13H14ClNO. The summed E-state index contributed by atoms with van der Waals surface area (Å²) >= 11 is 6.12. The second-order valence-electron chi connectivity index (χ2n) is 4.30. The summed E-state index contributed by atoms with van der Waals surface area (Å²) < 4.78 is 5.36. The molecule has 1 aromatic rings. The highest BCUT2D eigenvalue weighted by Gasteiger charge is 2.42. The Labute approximate surface area is 101 Å². The quantitative estimate of drug-likeness (QED) is 0.785. The van der Waals surface area contributed by atoms with Crippen molar-refractivity contribution in [3.63, 3.8) is 0 Å². The van der Waals surface area contributed by atoms with Gasteiger partial charge in [0, 0.05) is 10.6 Å². The van der Waals surface area contributed by atoms with Crippen molar-refractivity contribution >= 4 is 11.6 Å². The van der Waals surface area contributed by atoms with Crippen molar-refractivity contribution in [2.45, 2.75) is 31.6 Å². The summed E-state index contributed by atoms with van der Waals surface area (Å²) in [5, 5.41) is 10.1. The number of hydrogen-bond donors (Lipinski definition) is 0. The van der Waals surface area contributed by atoms with Crippen LogP contribution >= 0.6 is 11.6 Å². The summed E-state index contributed by atoms with van der Waals surface area (Å²) in [6.07, 6.45) is 2.91. The average molecular weight is 236 g/mol. The van der Waals surface area contributed by atoms with Crippen molar-refractivity contribution in [3.05, 3.63) is 28.3 Å². The molecule has 16 heavy (non-hydrogen) atoms. The maximum atomic E-state index is 9.38. The van der Waals surface area contributed by atoms with E-state index in [0.717, 1.165) is 36.1 Å². The van der Waals surface area contributed by atoms with Gasteiger partial charge in [-0.2, -0.15) is 5.26 Å². The molecule has 0 atom stereocenters. The van der Waals surface area contributed by atoms with Gasteiger partial charge in [0.15, 0.2) is 0 Å². The number of methoxy groups -OCH3 is 1. The lowest BCUT2D eigenvalue weighted by atomic mass is 9.64. The van der Waals surface area contributed by atoms with E-state index in [1.54, 1.807) is 7.11 Å². The first kappa shape index (κ1) is 11.3. The topological polar surface area (TPSA) is 33.0 Å². The van der Waals surface area contributed by atoms with Gasteiger partial charge < -0.3 is 4.74 Å². The predicted octanol–water partition coefficient (Wildman–Crippen LogP) is 3.60. The molecule has 1 aliphatic carbocycles. The van der Waals surface area contributed by atoms with Gasteiger partial charge in [0.1, 0.15) is 5.75 Å². The summed E-state index contributed by atoms with van der Waals surface area (Å²) in [4.78, 5) is 0. The number of halogens is 1. The molecule has 3 heteroatoms. The van der Waals surface area contributed by atoms with E-state index in [9.17, 15) is 5.26 Å². The molecule has 0 N–H and O–H groups in total. The van der Waals surface area contributed by atoms with E-state index in [0.29, 0.717) is 5.02 Å². The molecule has 2 rings (SSSR count). The molecule has 0 unspecified atom stereocenters. The van der Waals surface area contributed by atoms with Crippen molar-refractivity contribution in [2.24, 2.45) is 0 Å². The molecule has 1 aliphatic rings. The third-order valence-electron chi connectivity index (χ3n) is 3.48. The van der Waals surface area contributed by atoms with Crippen LogP contribution in [0.25, 0.3) is 0 Å². The molecule has 84 valence electrons. The van der Waals surface area contributed by atoms with Gasteiger partial charge in [-0.1, -0.05) is 11.6 Å². The van der Waals surface area contributed by atoms with E-state index in [1.165, 1.54) is 0 Å². The fourth-order valence-electron chi connectivity index (χ4n) is 2.37. The summed E-state index contributed by atoms with van der Waals surface area (Å²) in [5.41, 5.74) is 1.58. The van der Waals surface area contributed by atoms with Gasteiger partial charge in [0.2, 0.25) is 0 Å². The second-order valence-corrected chi connectivity index (χ2v) is 4.70. The highest BCUT2D eigenvalue weighted by molar-refractivity contribution is 6.31. The van der Waals surface area contributed by atoms with Gasteiger partial charge in [0.05, 0.1) is 18.6 Å². The fraction of sp³-hybridized carbons (Fsp3) is 0.462. The number of nitriles is 1. The molecule has 1 saturated carbocycles. The first-order valence-corrected chi connectivity index (χ1v) is 5.77. The molecule has 1 fully saturated rings. The molecule has 0 amide bonds. The Morgan fingerprint density at radius 3 is 2.56 bits per heavy atom. The van der Waals surface area contributed by atoms with Crippen LogP contribution in [0.4, 0.5) is 0 Å². The lowest BCUT2D eigenvalue weighted by molar-refractivity contribution is 0.305. The monoisotopic (exact) mass is 235 g/mol. The van der Waals surface area contributed by atoms with Crippen LogP contribution < -0.4 is 4.74 Å². The van der Waals surface area contributed by atoms with E-state index >= 15 is 0 Å². The van der Waals surface area contributed by atoms with Gasteiger partial charge >= 0.3 is 0 Å². The highest BCUT2D eigenvalue weighted by Crippen LogP contribution is 2.49. The Balaban J connectivity index is 2.62. The van der Waals surface area contributed by atoms with Crippen molar-refractivity contribution in [3.8, 4) is 11.8 Å². The Morgan fingerprint density at radius 1 is 1.44 bits per heavy atom.